The van der Waals surface area contributed by atoms with Crippen LogP contribution < -0.4 is 4.90 Å². The number of halogens is 2. The molecule has 0 aliphatic carbocycles. The van der Waals surface area contributed by atoms with Crippen molar-refractivity contribution >= 4 is 17.5 Å². The van der Waals surface area contributed by atoms with Crippen LogP contribution in [0.15, 0.2) is 72.8 Å². The zero-order valence-electron chi connectivity index (χ0n) is 19.5. The fourth-order valence-electron chi connectivity index (χ4n) is 5.08. The van der Waals surface area contributed by atoms with Gasteiger partial charge in [-0.2, -0.15) is 0 Å². The number of aryl methyl sites for hydroxylation is 1. The molecule has 0 bridgehead atoms. The summed E-state index contributed by atoms with van der Waals surface area (Å²) in [5, 5.41) is 0. The third-order valence-electron chi connectivity index (χ3n) is 6.94. The van der Waals surface area contributed by atoms with Gasteiger partial charge in [0.05, 0.1) is 24.2 Å². The number of carbonyl (C=O) groups excluding carboxylic acids is 2. The van der Waals surface area contributed by atoms with E-state index in [-0.39, 0.29) is 35.9 Å². The molecule has 2 fully saturated rings. The minimum absolute atomic E-state index is 0.164. The van der Waals surface area contributed by atoms with Gasteiger partial charge in [-0.1, -0.05) is 42.0 Å². The Morgan fingerprint density at radius 3 is 1.77 bits per heavy atom. The zero-order chi connectivity index (χ0) is 24.5. The van der Waals surface area contributed by atoms with E-state index in [2.05, 4.69) is 9.80 Å². The second kappa shape index (κ2) is 9.68. The molecule has 3 aromatic carbocycles. The van der Waals surface area contributed by atoms with Gasteiger partial charge in [0.25, 0.3) is 5.91 Å². The third-order valence-corrected chi connectivity index (χ3v) is 6.94. The highest BCUT2D eigenvalue weighted by molar-refractivity contribution is 6.22. The summed E-state index contributed by atoms with van der Waals surface area (Å²) in [5.41, 5.74) is 3.52. The third kappa shape index (κ3) is 4.74. The van der Waals surface area contributed by atoms with Crippen molar-refractivity contribution in [1.29, 1.82) is 0 Å². The first-order chi connectivity index (χ1) is 16.9. The number of benzene rings is 3. The number of amides is 2. The molecule has 2 amide bonds. The molecule has 1 atom stereocenters. The first-order valence-electron chi connectivity index (χ1n) is 11.8. The van der Waals surface area contributed by atoms with Crippen LogP contribution in [0.25, 0.3) is 0 Å². The van der Waals surface area contributed by atoms with Crippen LogP contribution in [0.5, 0.6) is 0 Å². The predicted octanol–water partition coefficient (Wildman–Crippen LogP) is 4.31. The summed E-state index contributed by atoms with van der Waals surface area (Å²) in [7, 11) is 0. The normalized spacial score (nSPS) is 19.7. The Morgan fingerprint density at radius 2 is 1.26 bits per heavy atom. The number of piperazine rings is 1. The van der Waals surface area contributed by atoms with Crippen molar-refractivity contribution in [2.45, 2.75) is 25.4 Å². The van der Waals surface area contributed by atoms with Crippen LogP contribution >= 0.6 is 0 Å². The Labute approximate surface area is 203 Å². The number of imide groups is 1. The Kier molecular flexibility index (Phi) is 6.45. The molecule has 0 N–H and O–H groups in total. The Hall–Kier alpha value is -3.42. The fourth-order valence-corrected chi connectivity index (χ4v) is 5.08. The molecule has 2 heterocycles. The second-order valence-corrected chi connectivity index (χ2v) is 9.20. The molecule has 7 heteroatoms. The predicted molar refractivity (Wildman–Crippen MR) is 130 cm³/mol. The van der Waals surface area contributed by atoms with E-state index in [0.29, 0.717) is 31.9 Å². The molecule has 0 aromatic heterocycles. The zero-order valence-corrected chi connectivity index (χ0v) is 19.5. The summed E-state index contributed by atoms with van der Waals surface area (Å²) in [6.45, 7) is 4.50. The highest BCUT2D eigenvalue weighted by Crippen LogP contribution is 2.32. The Morgan fingerprint density at radius 1 is 0.743 bits per heavy atom. The fraction of sp³-hybridized carbons (Fsp3) is 0.286. The van der Waals surface area contributed by atoms with Gasteiger partial charge < -0.3 is 0 Å². The van der Waals surface area contributed by atoms with Crippen molar-refractivity contribution in [3.05, 3.63) is 101 Å². The number of hydrogen-bond donors (Lipinski definition) is 0. The lowest BCUT2D eigenvalue weighted by molar-refractivity contribution is -0.123. The molecule has 5 rings (SSSR count). The minimum atomic E-state index is -0.471. The van der Waals surface area contributed by atoms with Gasteiger partial charge in [-0.25, -0.2) is 13.7 Å². The lowest BCUT2D eigenvalue weighted by Crippen LogP contribution is -2.53. The van der Waals surface area contributed by atoms with Crippen molar-refractivity contribution in [3.8, 4) is 0 Å². The van der Waals surface area contributed by atoms with Crippen molar-refractivity contribution < 1.29 is 18.4 Å². The molecule has 180 valence electrons. The van der Waals surface area contributed by atoms with E-state index in [1.807, 2.05) is 19.1 Å². The van der Waals surface area contributed by atoms with Crippen molar-refractivity contribution in [2.75, 3.05) is 31.1 Å². The number of nitrogens with zero attached hydrogens (tertiary/aromatic N) is 3. The molecule has 0 spiro atoms. The standard InChI is InChI=1S/C28H27F2N3O2/c1-19-2-12-24(13-3-19)33-26(34)18-25(28(33)35)31-14-16-32(17-15-31)27(20-4-8-22(29)9-5-20)21-6-10-23(30)11-7-21/h2-13,25,27H,14-18H2,1H3/t25-/m0/s1. The summed E-state index contributed by atoms with van der Waals surface area (Å²) in [6.07, 6.45) is 0.173. The van der Waals surface area contributed by atoms with E-state index in [1.165, 1.54) is 29.2 Å². The Bertz CT molecular complexity index is 1160. The van der Waals surface area contributed by atoms with E-state index in [9.17, 15) is 18.4 Å². The summed E-state index contributed by atoms with van der Waals surface area (Å²) in [4.78, 5) is 31.6. The first-order valence-corrected chi connectivity index (χ1v) is 11.8. The smallest absolute Gasteiger partial charge is 0.251 e. The van der Waals surface area contributed by atoms with E-state index >= 15 is 0 Å². The van der Waals surface area contributed by atoms with Crippen LogP contribution in [-0.4, -0.2) is 53.8 Å². The van der Waals surface area contributed by atoms with Gasteiger partial charge in [0.1, 0.15) is 11.6 Å². The molecule has 2 aliphatic heterocycles. The van der Waals surface area contributed by atoms with E-state index in [4.69, 9.17) is 0 Å². The molecule has 0 radical (unpaired) electrons. The molecule has 3 aromatic rings. The van der Waals surface area contributed by atoms with E-state index in [1.54, 1.807) is 36.4 Å². The largest absolute Gasteiger partial charge is 0.290 e. The lowest BCUT2D eigenvalue weighted by atomic mass is 9.96. The maximum absolute atomic E-state index is 13.6. The average molecular weight is 476 g/mol. The summed E-state index contributed by atoms with van der Waals surface area (Å²) in [5.74, 6) is -0.972. The minimum Gasteiger partial charge on any atom is -0.290 e. The Balaban J connectivity index is 1.32. The number of rotatable bonds is 5. The molecule has 0 unspecified atom stereocenters. The summed E-state index contributed by atoms with van der Waals surface area (Å²) in [6, 6.07) is 19.5. The van der Waals surface area contributed by atoms with Crippen LogP contribution in [0, 0.1) is 18.6 Å². The van der Waals surface area contributed by atoms with E-state index < -0.39 is 6.04 Å². The van der Waals surface area contributed by atoms with Crippen molar-refractivity contribution in [1.82, 2.24) is 9.80 Å². The van der Waals surface area contributed by atoms with E-state index in [0.717, 1.165) is 16.7 Å². The summed E-state index contributed by atoms with van der Waals surface area (Å²) < 4.78 is 27.2. The van der Waals surface area contributed by atoms with Gasteiger partial charge in [-0.05, 0) is 54.4 Å². The molecule has 2 saturated heterocycles. The molecule has 5 nitrogen and oxygen atoms in total. The average Bonchev–Trinajstić information content (AvgIpc) is 3.16. The quantitative estimate of drug-likeness (QED) is 0.516. The van der Waals surface area contributed by atoms with Gasteiger partial charge in [0, 0.05) is 26.2 Å². The number of carbonyl (C=O) groups is 2. The van der Waals surface area contributed by atoms with Crippen LogP contribution in [0.1, 0.15) is 29.2 Å². The number of anilines is 1. The van der Waals surface area contributed by atoms with Crippen molar-refractivity contribution in [3.63, 3.8) is 0 Å². The van der Waals surface area contributed by atoms with Gasteiger partial charge in [-0.15, -0.1) is 0 Å². The highest BCUT2D eigenvalue weighted by atomic mass is 19.1. The van der Waals surface area contributed by atoms with Crippen LogP contribution in [-0.2, 0) is 9.59 Å². The topological polar surface area (TPSA) is 43.9 Å². The van der Waals surface area contributed by atoms with Gasteiger partial charge in [-0.3, -0.25) is 19.4 Å². The monoisotopic (exact) mass is 475 g/mol. The molecular formula is C28H27F2N3O2. The maximum atomic E-state index is 13.6. The summed E-state index contributed by atoms with van der Waals surface area (Å²) >= 11 is 0. The SMILES string of the molecule is Cc1ccc(N2C(=O)C[C@H](N3CCN(C(c4ccc(F)cc4)c4ccc(F)cc4)CC3)C2=O)cc1. The highest BCUT2D eigenvalue weighted by Gasteiger charge is 2.43. The van der Waals surface area contributed by atoms with Crippen molar-refractivity contribution in [2.24, 2.45) is 0 Å². The molecule has 35 heavy (non-hydrogen) atoms. The van der Waals surface area contributed by atoms with Gasteiger partial charge >= 0.3 is 0 Å². The van der Waals surface area contributed by atoms with Gasteiger partial charge in [0.2, 0.25) is 5.91 Å². The maximum Gasteiger partial charge on any atom is 0.251 e. The van der Waals surface area contributed by atoms with Gasteiger partial charge in [0.15, 0.2) is 0 Å². The van der Waals surface area contributed by atoms with Crippen LogP contribution in [0.4, 0.5) is 14.5 Å². The number of hydrogen-bond acceptors (Lipinski definition) is 4. The molecular weight excluding hydrogens is 448 g/mol. The molecule has 0 saturated carbocycles. The lowest BCUT2D eigenvalue weighted by Gasteiger charge is -2.41. The van der Waals surface area contributed by atoms with Crippen LogP contribution in [0.3, 0.4) is 0 Å². The first kappa shape index (κ1) is 23.3. The second-order valence-electron chi connectivity index (χ2n) is 9.20. The van der Waals surface area contributed by atoms with Crippen LogP contribution in [0.2, 0.25) is 0 Å². The molecule has 2 aliphatic rings.